The van der Waals surface area contributed by atoms with Crippen molar-refractivity contribution in [1.82, 2.24) is 5.32 Å². The van der Waals surface area contributed by atoms with Crippen LogP contribution in [-0.2, 0) is 6.42 Å². The Morgan fingerprint density at radius 3 is 2.35 bits per heavy atom. The normalized spacial score (nSPS) is 21.7. The standard InChI is InChI=1S/C18H28BrN/c1-6-10-20-15(16-17(2,3)18(16,4)5)12-13-8-7-9-14(19)11-13/h7-9,11,15-16,20H,6,10,12H2,1-5H3. The summed E-state index contributed by atoms with van der Waals surface area (Å²) < 4.78 is 1.18. The summed E-state index contributed by atoms with van der Waals surface area (Å²) in [6.07, 6.45) is 2.32. The molecule has 1 aliphatic rings. The van der Waals surface area contributed by atoms with Gasteiger partial charge in [0.25, 0.3) is 0 Å². The quantitative estimate of drug-likeness (QED) is 0.766. The Morgan fingerprint density at radius 2 is 1.85 bits per heavy atom. The summed E-state index contributed by atoms with van der Waals surface area (Å²) in [7, 11) is 0. The van der Waals surface area contributed by atoms with Crippen LogP contribution in [0.5, 0.6) is 0 Å². The number of hydrogen-bond donors (Lipinski definition) is 1. The molecule has 0 saturated heterocycles. The molecule has 2 rings (SSSR count). The van der Waals surface area contributed by atoms with E-state index in [1.165, 1.54) is 16.5 Å². The van der Waals surface area contributed by atoms with Crippen LogP contribution in [0.1, 0.15) is 46.6 Å². The highest BCUT2D eigenvalue weighted by Crippen LogP contribution is 2.69. The molecule has 1 aliphatic carbocycles. The Bertz CT molecular complexity index is 450. The van der Waals surface area contributed by atoms with Crippen LogP contribution in [0.25, 0.3) is 0 Å². The van der Waals surface area contributed by atoms with E-state index in [9.17, 15) is 0 Å². The van der Waals surface area contributed by atoms with Crippen molar-refractivity contribution in [2.45, 2.75) is 53.5 Å². The average molecular weight is 338 g/mol. The predicted molar refractivity (Wildman–Crippen MR) is 91.0 cm³/mol. The summed E-state index contributed by atoms with van der Waals surface area (Å²) in [5.74, 6) is 0.750. The number of rotatable bonds is 6. The molecule has 1 nitrogen and oxygen atoms in total. The van der Waals surface area contributed by atoms with Crippen molar-refractivity contribution in [1.29, 1.82) is 0 Å². The zero-order chi connectivity index (χ0) is 15.0. The van der Waals surface area contributed by atoms with Crippen LogP contribution in [0.2, 0.25) is 0 Å². The number of halogens is 1. The minimum absolute atomic E-state index is 0.435. The first-order valence-electron chi connectivity index (χ1n) is 7.78. The highest BCUT2D eigenvalue weighted by atomic mass is 79.9. The smallest absolute Gasteiger partial charge is 0.0178 e. The second kappa shape index (κ2) is 5.81. The van der Waals surface area contributed by atoms with Crippen LogP contribution >= 0.6 is 15.9 Å². The van der Waals surface area contributed by atoms with Gasteiger partial charge in [0.15, 0.2) is 0 Å². The van der Waals surface area contributed by atoms with Gasteiger partial charge in [0.05, 0.1) is 0 Å². The number of benzene rings is 1. The summed E-state index contributed by atoms with van der Waals surface area (Å²) in [5.41, 5.74) is 2.29. The zero-order valence-corrected chi connectivity index (χ0v) is 15.0. The van der Waals surface area contributed by atoms with E-state index in [1.54, 1.807) is 0 Å². The predicted octanol–water partition coefficient (Wildman–Crippen LogP) is 5.04. The maximum atomic E-state index is 3.80. The van der Waals surface area contributed by atoms with E-state index >= 15 is 0 Å². The molecule has 0 radical (unpaired) electrons. The lowest BCUT2D eigenvalue weighted by Crippen LogP contribution is -2.36. The molecule has 0 spiro atoms. The first kappa shape index (κ1) is 16.0. The zero-order valence-electron chi connectivity index (χ0n) is 13.5. The van der Waals surface area contributed by atoms with Crippen molar-refractivity contribution in [2.24, 2.45) is 16.7 Å². The first-order chi connectivity index (χ1) is 9.30. The topological polar surface area (TPSA) is 12.0 Å². The van der Waals surface area contributed by atoms with Gasteiger partial charge in [-0.15, -0.1) is 0 Å². The van der Waals surface area contributed by atoms with E-state index in [-0.39, 0.29) is 0 Å². The Labute approximate surface area is 132 Å². The fourth-order valence-corrected chi connectivity index (χ4v) is 4.26. The lowest BCUT2D eigenvalue weighted by atomic mass is 9.96. The Balaban J connectivity index is 2.13. The molecular weight excluding hydrogens is 310 g/mol. The molecule has 1 aromatic carbocycles. The lowest BCUT2D eigenvalue weighted by Gasteiger charge is -2.21. The third kappa shape index (κ3) is 2.96. The molecular formula is C18H28BrN. The van der Waals surface area contributed by atoms with Crippen LogP contribution in [0.3, 0.4) is 0 Å². The second-order valence-corrected chi connectivity index (χ2v) is 8.23. The summed E-state index contributed by atoms with van der Waals surface area (Å²) >= 11 is 3.58. The maximum Gasteiger partial charge on any atom is 0.0178 e. The SMILES string of the molecule is CCCNC(Cc1cccc(Br)c1)C1C(C)(C)C1(C)C. The van der Waals surface area contributed by atoms with Gasteiger partial charge in [-0.05, 0) is 53.8 Å². The van der Waals surface area contributed by atoms with Gasteiger partial charge in [-0.25, -0.2) is 0 Å². The van der Waals surface area contributed by atoms with Crippen molar-refractivity contribution in [3.63, 3.8) is 0 Å². The van der Waals surface area contributed by atoms with E-state index in [1.807, 2.05) is 0 Å². The van der Waals surface area contributed by atoms with Crippen LogP contribution in [0, 0.1) is 16.7 Å². The number of nitrogens with one attached hydrogen (secondary N) is 1. The van der Waals surface area contributed by atoms with E-state index in [2.05, 4.69) is 80.1 Å². The molecule has 2 heteroatoms. The van der Waals surface area contributed by atoms with Crippen LogP contribution in [-0.4, -0.2) is 12.6 Å². The Morgan fingerprint density at radius 1 is 1.20 bits per heavy atom. The Hall–Kier alpha value is -0.340. The van der Waals surface area contributed by atoms with Gasteiger partial charge in [-0.2, -0.15) is 0 Å². The van der Waals surface area contributed by atoms with Crippen molar-refractivity contribution in [3.8, 4) is 0 Å². The van der Waals surface area contributed by atoms with Gasteiger partial charge in [-0.1, -0.05) is 62.7 Å². The van der Waals surface area contributed by atoms with Crippen molar-refractivity contribution in [2.75, 3.05) is 6.54 Å². The molecule has 1 saturated carbocycles. The fraction of sp³-hybridized carbons (Fsp3) is 0.667. The molecule has 0 amide bonds. The van der Waals surface area contributed by atoms with Gasteiger partial charge < -0.3 is 5.32 Å². The van der Waals surface area contributed by atoms with Crippen LogP contribution in [0.15, 0.2) is 28.7 Å². The molecule has 1 fully saturated rings. The van der Waals surface area contributed by atoms with Crippen molar-refractivity contribution >= 4 is 15.9 Å². The highest BCUT2D eigenvalue weighted by Gasteiger charge is 2.66. The maximum absolute atomic E-state index is 3.80. The van der Waals surface area contributed by atoms with Crippen molar-refractivity contribution < 1.29 is 0 Å². The van der Waals surface area contributed by atoms with Gasteiger partial charge in [-0.3, -0.25) is 0 Å². The van der Waals surface area contributed by atoms with Gasteiger partial charge in [0, 0.05) is 10.5 Å². The number of hydrogen-bond acceptors (Lipinski definition) is 1. The highest BCUT2D eigenvalue weighted by molar-refractivity contribution is 9.10. The molecule has 0 heterocycles. The minimum Gasteiger partial charge on any atom is -0.313 e. The summed E-state index contributed by atoms with van der Waals surface area (Å²) in [4.78, 5) is 0. The molecule has 0 aromatic heterocycles. The van der Waals surface area contributed by atoms with Gasteiger partial charge in [0.2, 0.25) is 0 Å². The monoisotopic (exact) mass is 337 g/mol. The van der Waals surface area contributed by atoms with E-state index < -0.39 is 0 Å². The van der Waals surface area contributed by atoms with Crippen LogP contribution < -0.4 is 5.32 Å². The molecule has 20 heavy (non-hydrogen) atoms. The molecule has 1 aromatic rings. The first-order valence-corrected chi connectivity index (χ1v) is 8.58. The van der Waals surface area contributed by atoms with E-state index in [0.29, 0.717) is 16.9 Å². The summed E-state index contributed by atoms with van der Waals surface area (Å²) in [5, 5.41) is 3.80. The molecule has 1 atom stereocenters. The largest absolute Gasteiger partial charge is 0.313 e. The van der Waals surface area contributed by atoms with Crippen molar-refractivity contribution in [3.05, 3.63) is 34.3 Å². The minimum atomic E-state index is 0.435. The van der Waals surface area contributed by atoms with Gasteiger partial charge in [0.1, 0.15) is 0 Å². The Kier molecular flexibility index (Phi) is 4.66. The lowest BCUT2D eigenvalue weighted by molar-refractivity contribution is 0.395. The summed E-state index contributed by atoms with van der Waals surface area (Å²) in [6.45, 7) is 13.0. The molecule has 1 unspecified atom stereocenters. The summed E-state index contributed by atoms with van der Waals surface area (Å²) in [6, 6.07) is 9.31. The van der Waals surface area contributed by atoms with E-state index in [4.69, 9.17) is 0 Å². The molecule has 0 bridgehead atoms. The second-order valence-electron chi connectivity index (χ2n) is 7.32. The fourth-order valence-electron chi connectivity index (χ4n) is 3.81. The molecule has 112 valence electrons. The molecule has 1 N–H and O–H groups in total. The van der Waals surface area contributed by atoms with Gasteiger partial charge >= 0.3 is 0 Å². The third-order valence-electron chi connectivity index (χ3n) is 5.54. The van der Waals surface area contributed by atoms with E-state index in [0.717, 1.165) is 18.9 Å². The molecule has 0 aliphatic heterocycles. The third-order valence-corrected chi connectivity index (χ3v) is 6.03. The average Bonchev–Trinajstić information content (AvgIpc) is 2.76. The van der Waals surface area contributed by atoms with Crippen LogP contribution in [0.4, 0.5) is 0 Å².